The van der Waals surface area contributed by atoms with E-state index >= 15 is 0 Å². The average Bonchev–Trinajstić information content (AvgIpc) is 3.08. The van der Waals surface area contributed by atoms with Crippen molar-refractivity contribution in [1.29, 1.82) is 0 Å². The minimum Gasteiger partial charge on any atom is -0.356 e. The molecule has 1 aliphatic rings. The molecule has 140 valence electrons. The molecule has 0 aliphatic carbocycles. The fourth-order valence-corrected chi connectivity index (χ4v) is 5.38. The van der Waals surface area contributed by atoms with Crippen LogP contribution in [0.15, 0.2) is 45.9 Å². The van der Waals surface area contributed by atoms with Gasteiger partial charge < -0.3 is 4.52 Å². The Labute approximate surface area is 158 Å². The fourth-order valence-electron chi connectivity index (χ4n) is 3.57. The van der Waals surface area contributed by atoms with E-state index in [1.807, 2.05) is 32.0 Å². The van der Waals surface area contributed by atoms with Gasteiger partial charge in [-0.15, -0.1) is 0 Å². The van der Waals surface area contributed by atoms with Gasteiger partial charge in [-0.25, -0.2) is 8.42 Å². The van der Waals surface area contributed by atoms with Crippen molar-refractivity contribution in [2.75, 3.05) is 10.8 Å². The maximum atomic E-state index is 13.6. The van der Waals surface area contributed by atoms with Gasteiger partial charge in [0.25, 0.3) is 10.0 Å². The number of hydrogen-bond acceptors (Lipinski definition) is 5. The van der Waals surface area contributed by atoms with Gasteiger partial charge in [-0.3, -0.25) is 9.29 Å². The molecule has 0 unspecified atom stereocenters. The van der Waals surface area contributed by atoms with E-state index in [1.54, 1.807) is 25.3 Å². The molecule has 27 heavy (non-hydrogen) atoms. The summed E-state index contributed by atoms with van der Waals surface area (Å²) < 4.78 is 33.9. The van der Waals surface area contributed by atoms with Gasteiger partial charge in [0.05, 0.1) is 17.1 Å². The summed E-state index contributed by atoms with van der Waals surface area (Å²) >= 11 is 0. The molecular formula is C20H21N3O3S. The molecule has 3 aromatic rings. The van der Waals surface area contributed by atoms with Crippen LogP contribution in [0.5, 0.6) is 0 Å². The SMILES string of the molecule is Cc1cc(-c2cnc(C)c(S(=O)(=O)N3CCCc4cccc(C)c43)c2)on1. The van der Waals surface area contributed by atoms with E-state index in [4.69, 9.17) is 4.52 Å². The molecule has 0 spiro atoms. The van der Waals surface area contributed by atoms with Gasteiger partial charge in [0.15, 0.2) is 5.76 Å². The van der Waals surface area contributed by atoms with E-state index in [1.165, 1.54) is 4.31 Å². The van der Waals surface area contributed by atoms with Crippen LogP contribution < -0.4 is 4.31 Å². The van der Waals surface area contributed by atoms with Gasteiger partial charge in [-0.05, 0) is 50.8 Å². The number of aryl methyl sites for hydroxylation is 4. The minimum absolute atomic E-state index is 0.199. The summed E-state index contributed by atoms with van der Waals surface area (Å²) in [6, 6.07) is 9.32. The highest BCUT2D eigenvalue weighted by atomic mass is 32.2. The second-order valence-electron chi connectivity index (χ2n) is 6.90. The summed E-state index contributed by atoms with van der Waals surface area (Å²) in [6.45, 7) is 5.95. The van der Waals surface area contributed by atoms with Gasteiger partial charge >= 0.3 is 0 Å². The first-order chi connectivity index (χ1) is 12.9. The Morgan fingerprint density at radius 3 is 2.70 bits per heavy atom. The topological polar surface area (TPSA) is 76.3 Å². The summed E-state index contributed by atoms with van der Waals surface area (Å²) in [6.07, 6.45) is 3.30. The second kappa shape index (κ2) is 6.49. The molecule has 0 fully saturated rings. The molecular weight excluding hydrogens is 362 g/mol. The maximum Gasteiger partial charge on any atom is 0.266 e. The molecule has 3 heterocycles. The van der Waals surface area contributed by atoms with E-state index in [2.05, 4.69) is 10.1 Å². The van der Waals surface area contributed by atoms with Gasteiger partial charge in [0, 0.05) is 24.4 Å². The predicted octanol–water partition coefficient (Wildman–Crippen LogP) is 3.80. The summed E-state index contributed by atoms with van der Waals surface area (Å²) in [5, 5.41) is 3.88. The highest BCUT2D eigenvalue weighted by molar-refractivity contribution is 7.92. The maximum absolute atomic E-state index is 13.6. The first-order valence-electron chi connectivity index (χ1n) is 8.89. The van der Waals surface area contributed by atoms with Crippen molar-refractivity contribution >= 4 is 15.7 Å². The molecule has 0 N–H and O–H groups in total. The van der Waals surface area contributed by atoms with E-state index in [9.17, 15) is 8.42 Å². The van der Waals surface area contributed by atoms with Crippen LogP contribution in [0.25, 0.3) is 11.3 Å². The molecule has 0 radical (unpaired) electrons. The van der Waals surface area contributed by atoms with E-state index in [0.717, 1.165) is 35.3 Å². The number of benzene rings is 1. The smallest absolute Gasteiger partial charge is 0.266 e. The van der Waals surface area contributed by atoms with Crippen molar-refractivity contribution in [2.45, 2.75) is 38.5 Å². The number of para-hydroxylation sites is 1. The number of fused-ring (bicyclic) bond motifs is 1. The second-order valence-corrected chi connectivity index (χ2v) is 8.73. The molecule has 0 amide bonds. The lowest BCUT2D eigenvalue weighted by Gasteiger charge is -2.32. The Morgan fingerprint density at radius 2 is 1.96 bits per heavy atom. The number of hydrogen-bond donors (Lipinski definition) is 0. The lowest BCUT2D eigenvalue weighted by atomic mass is 10.0. The zero-order chi connectivity index (χ0) is 19.2. The normalized spacial score (nSPS) is 14.3. The number of nitrogens with zero attached hydrogens (tertiary/aromatic N) is 3. The zero-order valence-corrected chi connectivity index (χ0v) is 16.4. The molecule has 0 bridgehead atoms. The summed E-state index contributed by atoms with van der Waals surface area (Å²) in [5.41, 5.74) is 4.62. The average molecular weight is 383 g/mol. The third-order valence-electron chi connectivity index (χ3n) is 4.90. The van der Waals surface area contributed by atoms with Gasteiger partial charge in [0.2, 0.25) is 0 Å². The van der Waals surface area contributed by atoms with Crippen LogP contribution in [0.1, 0.15) is 28.9 Å². The standard InChI is InChI=1S/C20H21N3O3S/c1-13-6-4-7-16-8-5-9-23(20(13)16)27(24,25)19-11-17(12-21-15(19)3)18-10-14(2)22-26-18/h4,6-7,10-12H,5,8-9H2,1-3H3. The highest BCUT2D eigenvalue weighted by Gasteiger charge is 2.32. The number of rotatable bonds is 3. The fraction of sp³-hybridized carbons (Fsp3) is 0.300. The zero-order valence-electron chi connectivity index (χ0n) is 15.6. The van der Waals surface area contributed by atoms with E-state index in [0.29, 0.717) is 23.6 Å². The van der Waals surface area contributed by atoms with Crippen molar-refractivity contribution in [1.82, 2.24) is 10.1 Å². The molecule has 0 saturated heterocycles. The lowest BCUT2D eigenvalue weighted by Crippen LogP contribution is -2.36. The minimum atomic E-state index is -3.74. The molecule has 7 heteroatoms. The van der Waals surface area contributed by atoms with Crippen molar-refractivity contribution in [3.63, 3.8) is 0 Å². The quantitative estimate of drug-likeness (QED) is 0.687. The van der Waals surface area contributed by atoms with Crippen molar-refractivity contribution in [3.05, 3.63) is 59.0 Å². The van der Waals surface area contributed by atoms with Crippen molar-refractivity contribution in [3.8, 4) is 11.3 Å². The van der Waals surface area contributed by atoms with Crippen LogP contribution in [0.3, 0.4) is 0 Å². The molecule has 6 nitrogen and oxygen atoms in total. The van der Waals surface area contributed by atoms with Crippen LogP contribution in [0.2, 0.25) is 0 Å². The van der Waals surface area contributed by atoms with Crippen LogP contribution in [-0.2, 0) is 16.4 Å². The van der Waals surface area contributed by atoms with Gasteiger partial charge in [0.1, 0.15) is 4.90 Å². The number of sulfonamides is 1. The molecule has 1 aliphatic heterocycles. The Hall–Kier alpha value is -2.67. The molecule has 0 atom stereocenters. The van der Waals surface area contributed by atoms with Crippen LogP contribution in [0, 0.1) is 20.8 Å². The highest BCUT2D eigenvalue weighted by Crippen LogP contribution is 2.36. The van der Waals surface area contributed by atoms with Gasteiger partial charge in [-0.2, -0.15) is 0 Å². The number of aromatic nitrogens is 2. The summed E-state index contributed by atoms with van der Waals surface area (Å²) in [5.74, 6) is 0.506. The molecule has 1 aromatic carbocycles. The van der Waals surface area contributed by atoms with E-state index in [-0.39, 0.29) is 4.90 Å². The van der Waals surface area contributed by atoms with Crippen LogP contribution in [0.4, 0.5) is 5.69 Å². The van der Waals surface area contributed by atoms with Crippen molar-refractivity contribution < 1.29 is 12.9 Å². The number of pyridine rings is 1. The monoisotopic (exact) mass is 383 g/mol. The van der Waals surface area contributed by atoms with Crippen molar-refractivity contribution in [2.24, 2.45) is 0 Å². The summed E-state index contributed by atoms with van der Waals surface area (Å²) in [7, 11) is -3.74. The van der Waals surface area contributed by atoms with E-state index < -0.39 is 10.0 Å². The Bertz CT molecular complexity index is 1120. The predicted molar refractivity (Wildman–Crippen MR) is 103 cm³/mol. The Kier molecular flexibility index (Phi) is 4.26. The Balaban J connectivity index is 1.84. The molecule has 2 aromatic heterocycles. The first kappa shape index (κ1) is 17.7. The molecule has 4 rings (SSSR count). The summed E-state index contributed by atoms with van der Waals surface area (Å²) in [4.78, 5) is 4.51. The first-order valence-corrected chi connectivity index (χ1v) is 10.3. The van der Waals surface area contributed by atoms with Gasteiger partial charge in [-0.1, -0.05) is 23.4 Å². The molecule has 0 saturated carbocycles. The third kappa shape index (κ3) is 3.02. The van der Waals surface area contributed by atoms with Crippen LogP contribution in [-0.4, -0.2) is 25.1 Å². The Morgan fingerprint density at radius 1 is 1.15 bits per heavy atom. The number of anilines is 1. The van der Waals surface area contributed by atoms with Crippen LogP contribution >= 0.6 is 0 Å². The largest absolute Gasteiger partial charge is 0.356 e. The third-order valence-corrected chi connectivity index (χ3v) is 6.81. The lowest BCUT2D eigenvalue weighted by molar-refractivity contribution is 0.427.